The monoisotopic (exact) mass is 285 g/mol. The van der Waals surface area contributed by atoms with Crippen molar-refractivity contribution in [1.82, 2.24) is 15.2 Å². The maximum Gasteiger partial charge on any atom is 0.226 e. The maximum absolute atomic E-state index is 12.9. The minimum absolute atomic E-state index is 0.255. The Morgan fingerprint density at radius 1 is 1.38 bits per heavy atom. The zero-order valence-electron chi connectivity index (χ0n) is 12.4. The second-order valence-corrected chi connectivity index (χ2v) is 6.85. The predicted octanol–water partition coefficient (Wildman–Crippen LogP) is 2.13. The van der Waals surface area contributed by atoms with Crippen molar-refractivity contribution in [2.75, 3.05) is 19.6 Å². The summed E-state index contributed by atoms with van der Waals surface area (Å²) >= 11 is 0. The summed E-state index contributed by atoms with van der Waals surface area (Å²) < 4.78 is 0. The second-order valence-electron chi connectivity index (χ2n) is 6.85. The van der Waals surface area contributed by atoms with Crippen molar-refractivity contribution >= 4 is 5.91 Å². The van der Waals surface area contributed by atoms with E-state index in [0.29, 0.717) is 11.3 Å². The number of hydrogen-bond donors (Lipinski definition) is 1. The van der Waals surface area contributed by atoms with Crippen LogP contribution in [0.3, 0.4) is 0 Å². The van der Waals surface area contributed by atoms with Gasteiger partial charge in [-0.15, -0.1) is 0 Å². The molecule has 1 saturated carbocycles. The van der Waals surface area contributed by atoms with E-state index >= 15 is 0 Å². The van der Waals surface area contributed by atoms with Crippen LogP contribution in [-0.2, 0) is 4.79 Å². The number of carbonyl (C=O) groups excluding carboxylic acids is 1. The van der Waals surface area contributed by atoms with Crippen LogP contribution in [0.1, 0.15) is 43.7 Å². The first-order chi connectivity index (χ1) is 10.3. The lowest BCUT2D eigenvalue weighted by atomic mass is 9.91. The maximum atomic E-state index is 12.9. The molecule has 1 aromatic rings. The normalized spacial score (nSPS) is 30.6. The Kier molecular flexibility index (Phi) is 3.21. The lowest BCUT2D eigenvalue weighted by Gasteiger charge is -2.28. The fourth-order valence-electron chi connectivity index (χ4n) is 4.32. The molecule has 4 nitrogen and oxygen atoms in total. The molecule has 1 aliphatic carbocycles. The zero-order valence-corrected chi connectivity index (χ0v) is 12.4. The number of pyridine rings is 1. The molecule has 3 fully saturated rings. The van der Waals surface area contributed by atoms with Crippen LogP contribution >= 0.6 is 0 Å². The Morgan fingerprint density at radius 3 is 3.00 bits per heavy atom. The van der Waals surface area contributed by atoms with Gasteiger partial charge in [-0.05, 0) is 62.2 Å². The first-order valence-corrected chi connectivity index (χ1v) is 8.21. The molecule has 1 spiro atoms. The number of rotatable bonds is 2. The van der Waals surface area contributed by atoms with Gasteiger partial charge in [0, 0.05) is 24.9 Å². The molecule has 112 valence electrons. The molecular weight excluding hydrogens is 262 g/mol. The van der Waals surface area contributed by atoms with Gasteiger partial charge in [0.05, 0.1) is 6.04 Å². The van der Waals surface area contributed by atoms with Crippen molar-refractivity contribution in [1.29, 1.82) is 0 Å². The third-order valence-corrected chi connectivity index (χ3v) is 5.69. The van der Waals surface area contributed by atoms with Gasteiger partial charge in [0.2, 0.25) is 5.91 Å². The lowest BCUT2D eigenvalue weighted by Crippen LogP contribution is -2.36. The molecule has 2 atom stereocenters. The van der Waals surface area contributed by atoms with Gasteiger partial charge in [0.25, 0.3) is 0 Å². The molecule has 4 rings (SSSR count). The van der Waals surface area contributed by atoms with Crippen LogP contribution < -0.4 is 5.32 Å². The van der Waals surface area contributed by atoms with Crippen LogP contribution in [0.4, 0.5) is 0 Å². The fourth-order valence-corrected chi connectivity index (χ4v) is 4.32. The number of piperidine rings is 1. The number of aromatic nitrogens is 1. The van der Waals surface area contributed by atoms with Gasteiger partial charge in [-0.3, -0.25) is 9.78 Å². The minimum atomic E-state index is 0.255. The minimum Gasteiger partial charge on any atom is -0.335 e. The van der Waals surface area contributed by atoms with Crippen LogP contribution in [0, 0.1) is 11.3 Å². The summed E-state index contributed by atoms with van der Waals surface area (Å²) in [6.07, 6.45) is 9.39. The Hall–Kier alpha value is -1.42. The standard InChI is InChI=1S/C17H23N3O/c21-16(14-11-17(14)5-8-18-9-6-17)20-10-2-4-15(20)13-3-1-7-19-12-13/h1,3,7,12,14-15,18H,2,4-6,8-11H2. The number of hydrogen-bond acceptors (Lipinski definition) is 3. The molecular formula is C17H23N3O. The van der Waals surface area contributed by atoms with Crippen LogP contribution in [0.5, 0.6) is 0 Å². The molecule has 1 amide bonds. The SMILES string of the molecule is O=C(C1CC12CCNCC2)N1CCCC1c1cccnc1. The van der Waals surface area contributed by atoms with E-state index in [1.54, 1.807) is 6.20 Å². The van der Waals surface area contributed by atoms with Gasteiger partial charge < -0.3 is 10.2 Å². The predicted molar refractivity (Wildman–Crippen MR) is 80.6 cm³/mol. The van der Waals surface area contributed by atoms with E-state index in [0.717, 1.165) is 38.9 Å². The summed E-state index contributed by atoms with van der Waals surface area (Å²) in [6, 6.07) is 4.34. The highest BCUT2D eigenvalue weighted by Crippen LogP contribution is 2.59. The van der Waals surface area contributed by atoms with Gasteiger partial charge in [-0.25, -0.2) is 0 Å². The summed E-state index contributed by atoms with van der Waals surface area (Å²) in [5, 5.41) is 3.41. The van der Waals surface area contributed by atoms with Gasteiger partial charge in [0.1, 0.15) is 0 Å². The molecule has 2 unspecified atom stereocenters. The molecule has 3 heterocycles. The van der Waals surface area contributed by atoms with Gasteiger partial charge in [-0.1, -0.05) is 6.07 Å². The highest BCUT2D eigenvalue weighted by Gasteiger charge is 2.59. The molecule has 0 bridgehead atoms. The largest absolute Gasteiger partial charge is 0.335 e. The number of carbonyl (C=O) groups is 1. The van der Waals surface area contributed by atoms with Crippen molar-refractivity contribution in [3.05, 3.63) is 30.1 Å². The molecule has 4 heteroatoms. The van der Waals surface area contributed by atoms with Gasteiger partial charge >= 0.3 is 0 Å². The van der Waals surface area contributed by atoms with E-state index in [-0.39, 0.29) is 12.0 Å². The average molecular weight is 285 g/mol. The number of likely N-dealkylation sites (tertiary alicyclic amines) is 1. The van der Waals surface area contributed by atoms with E-state index in [4.69, 9.17) is 0 Å². The van der Waals surface area contributed by atoms with Crippen LogP contribution in [-0.4, -0.2) is 35.4 Å². The summed E-state index contributed by atoms with van der Waals surface area (Å²) in [5.41, 5.74) is 1.54. The summed E-state index contributed by atoms with van der Waals surface area (Å²) in [7, 11) is 0. The molecule has 1 aromatic heterocycles. The molecule has 0 radical (unpaired) electrons. The Morgan fingerprint density at radius 2 is 2.24 bits per heavy atom. The highest BCUT2D eigenvalue weighted by molar-refractivity contribution is 5.83. The van der Waals surface area contributed by atoms with Crippen LogP contribution in [0.2, 0.25) is 0 Å². The summed E-state index contributed by atoms with van der Waals surface area (Å²) in [5.74, 6) is 0.695. The Bertz CT molecular complexity index is 524. The van der Waals surface area contributed by atoms with Crippen molar-refractivity contribution in [2.45, 2.75) is 38.1 Å². The summed E-state index contributed by atoms with van der Waals surface area (Å²) in [6.45, 7) is 3.08. The lowest BCUT2D eigenvalue weighted by molar-refractivity contribution is -0.134. The highest BCUT2D eigenvalue weighted by atomic mass is 16.2. The Labute approximate surface area is 125 Å². The first-order valence-electron chi connectivity index (χ1n) is 8.21. The van der Waals surface area contributed by atoms with Gasteiger partial charge in [0.15, 0.2) is 0 Å². The van der Waals surface area contributed by atoms with E-state index in [1.165, 1.54) is 18.4 Å². The van der Waals surface area contributed by atoms with Crippen LogP contribution in [0.25, 0.3) is 0 Å². The molecule has 1 N–H and O–H groups in total. The smallest absolute Gasteiger partial charge is 0.226 e. The number of amides is 1. The molecule has 0 aromatic carbocycles. The average Bonchev–Trinajstić information content (AvgIpc) is 3.01. The molecule has 21 heavy (non-hydrogen) atoms. The van der Waals surface area contributed by atoms with Crippen molar-refractivity contribution in [2.24, 2.45) is 11.3 Å². The number of nitrogens with zero attached hydrogens (tertiary/aromatic N) is 2. The molecule has 3 aliphatic rings. The van der Waals surface area contributed by atoms with E-state index in [9.17, 15) is 4.79 Å². The number of nitrogens with one attached hydrogen (secondary N) is 1. The summed E-state index contributed by atoms with van der Waals surface area (Å²) in [4.78, 5) is 19.3. The third-order valence-electron chi connectivity index (χ3n) is 5.69. The first kappa shape index (κ1) is 13.3. The second kappa shape index (κ2) is 5.09. The van der Waals surface area contributed by atoms with Gasteiger partial charge in [-0.2, -0.15) is 0 Å². The zero-order chi connectivity index (χ0) is 14.3. The van der Waals surface area contributed by atoms with Crippen molar-refractivity contribution < 1.29 is 4.79 Å². The Balaban J connectivity index is 1.49. The third kappa shape index (κ3) is 2.26. The molecule has 2 saturated heterocycles. The van der Waals surface area contributed by atoms with E-state index < -0.39 is 0 Å². The van der Waals surface area contributed by atoms with Crippen molar-refractivity contribution in [3.63, 3.8) is 0 Å². The molecule has 2 aliphatic heterocycles. The quantitative estimate of drug-likeness (QED) is 0.905. The van der Waals surface area contributed by atoms with E-state index in [2.05, 4.69) is 21.3 Å². The fraction of sp³-hybridized carbons (Fsp3) is 0.647. The topological polar surface area (TPSA) is 45.2 Å². The van der Waals surface area contributed by atoms with Crippen LogP contribution in [0.15, 0.2) is 24.5 Å². The van der Waals surface area contributed by atoms with Crippen molar-refractivity contribution in [3.8, 4) is 0 Å². The van der Waals surface area contributed by atoms with E-state index in [1.807, 2.05) is 12.3 Å².